The van der Waals surface area contributed by atoms with Gasteiger partial charge in [0.25, 0.3) is 0 Å². The Kier molecular flexibility index (Phi) is 11.6. The molecule has 1 heterocycles. The van der Waals surface area contributed by atoms with E-state index in [0.29, 0.717) is 33.4 Å². The normalized spacial score (nSPS) is 13.4. The molecule has 3 aromatic carbocycles. The maximum absolute atomic E-state index is 14.9. The fourth-order valence-electron chi connectivity index (χ4n) is 7.79. The minimum atomic E-state index is -0.756. The predicted octanol–water partition coefficient (Wildman–Crippen LogP) is 9.22. The highest BCUT2D eigenvalue weighted by Gasteiger charge is 2.31. The van der Waals surface area contributed by atoms with E-state index in [-0.39, 0.29) is 36.9 Å². The molecular weight excluding hydrogens is 715 g/mol. The van der Waals surface area contributed by atoms with Crippen LogP contribution >= 0.6 is 0 Å². The summed E-state index contributed by atoms with van der Waals surface area (Å²) in [5.74, 6) is 0.415. The largest absolute Gasteiger partial charge is 0.508 e. The van der Waals surface area contributed by atoms with Crippen molar-refractivity contribution in [2.75, 3.05) is 0 Å². The maximum atomic E-state index is 14.9. The van der Waals surface area contributed by atoms with Gasteiger partial charge in [-0.05, 0) is 119 Å². The van der Waals surface area contributed by atoms with Crippen LogP contribution < -0.4 is 17.1 Å². The average Bonchev–Trinajstić information content (AvgIpc) is 3.01. The summed E-state index contributed by atoms with van der Waals surface area (Å²) in [6.07, 6.45) is 0. The van der Waals surface area contributed by atoms with E-state index >= 15 is 0 Å². The number of phenolic OH excluding ortho intramolecular Hbond substituents is 3. The molecule has 0 aliphatic rings. The molecule has 0 aliphatic heterocycles. The quantitative estimate of drug-likeness (QED) is 0.179. The van der Waals surface area contributed by atoms with Crippen molar-refractivity contribution in [1.29, 1.82) is 0 Å². The van der Waals surface area contributed by atoms with Crippen molar-refractivity contribution in [2.45, 2.75) is 177 Å². The molecule has 0 amide bonds. The van der Waals surface area contributed by atoms with Crippen LogP contribution in [-0.2, 0) is 52.1 Å². The molecule has 4 aromatic rings. The molecule has 0 saturated heterocycles. The van der Waals surface area contributed by atoms with Crippen molar-refractivity contribution >= 4 is 0 Å². The lowest BCUT2D eigenvalue weighted by Gasteiger charge is -2.29. The Morgan fingerprint density at radius 2 is 0.509 bits per heavy atom. The van der Waals surface area contributed by atoms with Crippen LogP contribution in [0.25, 0.3) is 0 Å². The summed E-state index contributed by atoms with van der Waals surface area (Å²) in [6, 6.07) is 10.8. The van der Waals surface area contributed by atoms with E-state index in [0.717, 1.165) is 30.4 Å². The molecule has 0 bridgehead atoms. The summed E-state index contributed by atoms with van der Waals surface area (Å²) in [7, 11) is 0. The summed E-state index contributed by atoms with van der Waals surface area (Å²) >= 11 is 0. The smallest absolute Gasteiger partial charge is 0.336 e. The van der Waals surface area contributed by atoms with Crippen LogP contribution in [0.4, 0.5) is 0 Å². The van der Waals surface area contributed by atoms with Crippen LogP contribution in [0.1, 0.15) is 175 Å². The third-order valence-corrected chi connectivity index (χ3v) is 10.9. The minimum Gasteiger partial charge on any atom is -0.508 e. The lowest BCUT2D eigenvalue weighted by atomic mass is 9.78. The Morgan fingerprint density at radius 1 is 0.333 bits per heavy atom. The fraction of sp³-hybridized carbons (Fsp3) is 0.562. The first kappa shape index (κ1) is 45.2. The summed E-state index contributed by atoms with van der Waals surface area (Å²) in [5, 5.41) is 33.6. The van der Waals surface area contributed by atoms with E-state index in [9.17, 15) is 29.7 Å². The Balaban J connectivity index is 2.18. The predicted molar refractivity (Wildman–Crippen MR) is 233 cm³/mol. The maximum Gasteiger partial charge on any atom is 0.336 e. The third kappa shape index (κ3) is 9.45. The zero-order valence-corrected chi connectivity index (χ0v) is 38.0. The van der Waals surface area contributed by atoms with Gasteiger partial charge in [-0.1, -0.05) is 125 Å². The van der Waals surface area contributed by atoms with Gasteiger partial charge in [0, 0.05) is 0 Å². The highest BCUT2D eigenvalue weighted by molar-refractivity contribution is 5.50. The molecule has 0 fully saturated rings. The molecule has 1 aromatic heterocycles. The molecule has 0 radical (unpaired) electrons. The second-order valence-corrected chi connectivity index (χ2v) is 22.2. The van der Waals surface area contributed by atoms with Crippen LogP contribution in [0.15, 0.2) is 50.8 Å². The number of phenols is 3. The van der Waals surface area contributed by atoms with Gasteiger partial charge < -0.3 is 15.3 Å². The van der Waals surface area contributed by atoms with E-state index < -0.39 is 49.6 Å². The SMILES string of the molecule is CC(C)(C)c1cc(Cn2c(=O)n(Cc3cc(C(C)(C)C)c(O)cc3C(C)(C)C)c(=O)n(Cc3cc(C(C)(C)C)c(O)cc3C(C)(C)C)c2=O)c(C(C)(C)C)cc1O. The summed E-state index contributed by atoms with van der Waals surface area (Å²) in [6.45, 7) is 35.7. The van der Waals surface area contributed by atoms with Crippen molar-refractivity contribution in [3.8, 4) is 17.2 Å². The number of benzene rings is 3. The van der Waals surface area contributed by atoms with E-state index in [1.54, 1.807) is 18.2 Å². The standard InChI is InChI=1S/C48H69N3O6/c1-43(2,3)31-22-37(52)34(46(10,11)12)19-28(31)25-49-40(55)50(26-29-20-35(47(13,14)15)38(53)23-32(29)44(4,5)6)42(57)51(41(49)56)27-30-21-36(48(16,17)18)39(54)24-33(30)45(7,8)9/h19-24,52-54H,25-27H2,1-18H3. The summed E-state index contributed by atoms with van der Waals surface area (Å²) in [5.41, 5.74) is 1.41. The highest BCUT2D eigenvalue weighted by Crippen LogP contribution is 2.40. The van der Waals surface area contributed by atoms with Crippen LogP contribution in [0, 0.1) is 0 Å². The molecule has 0 unspecified atom stereocenters. The van der Waals surface area contributed by atoms with E-state index in [4.69, 9.17) is 0 Å². The van der Waals surface area contributed by atoms with Gasteiger partial charge in [0.15, 0.2) is 0 Å². The van der Waals surface area contributed by atoms with Gasteiger partial charge in [0.2, 0.25) is 0 Å². The molecule has 4 rings (SSSR count). The van der Waals surface area contributed by atoms with Gasteiger partial charge in [0.1, 0.15) is 17.2 Å². The molecule has 9 heteroatoms. The molecule has 3 N–H and O–H groups in total. The van der Waals surface area contributed by atoms with Crippen molar-refractivity contribution in [2.24, 2.45) is 0 Å². The number of nitrogens with zero attached hydrogens (tertiary/aromatic N) is 3. The number of hydrogen-bond donors (Lipinski definition) is 3. The lowest BCUT2D eigenvalue weighted by molar-refractivity contribution is 0.438. The molecule has 312 valence electrons. The summed E-state index contributed by atoms with van der Waals surface area (Å²) in [4.78, 5) is 44.6. The van der Waals surface area contributed by atoms with E-state index in [1.807, 2.05) is 143 Å². The first-order chi connectivity index (χ1) is 25.5. The van der Waals surface area contributed by atoms with Crippen molar-refractivity contribution in [3.05, 3.63) is 118 Å². The molecule has 0 atom stereocenters. The van der Waals surface area contributed by atoms with Crippen LogP contribution in [-0.4, -0.2) is 29.0 Å². The first-order valence-electron chi connectivity index (χ1n) is 20.1. The zero-order valence-electron chi connectivity index (χ0n) is 38.0. The summed E-state index contributed by atoms with van der Waals surface area (Å²) < 4.78 is 3.41. The van der Waals surface area contributed by atoms with E-state index in [1.165, 1.54) is 0 Å². The van der Waals surface area contributed by atoms with Crippen LogP contribution in [0.2, 0.25) is 0 Å². The second kappa shape index (κ2) is 14.7. The lowest BCUT2D eigenvalue weighted by Crippen LogP contribution is -2.55. The number of aromatic nitrogens is 3. The highest BCUT2D eigenvalue weighted by atomic mass is 16.3. The first-order valence-corrected chi connectivity index (χ1v) is 20.1. The Bertz CT molecular complexity index is 2070. The number of rotatable bonds is 6. The number of hydrogen-bond acceptors (Lipinski definition) is 6. The van der Waals surface area contributed by atoms with E-state index in [2.05, 4.69) is 0 Å². The fourth-order valence-corrected chi connectivity index (χ4v) is 7.79. The molecular formula is C48H69N3O6. The molecule has 0 saturated carbocycles. The van der Waals surface area contributed by atoms with Gasteiger partial charge in [-0.3, -0.25) is 0 Å². The Morgan fingerprint density at radius 3 is 0.667 bits per heavy atom. The zero-order chi connectivity index (χ0) is 43.8. The van der Waals surface area contributed by atoms with Gasteiger partial charge in [-0.15, -0.1) is 0 Å². The molecule has 0 spiro atoms. The topological polar surface area (TPSA) is 127 Å². The van der Waals surface area contributed by atoms with Crippen LogP contribution in [0.3, 0.4) is 0 Å². The monoisotopic (exact) mass is 784 g/mol. The Labute approximate surface area is 340 Å². The van der Waals surface area contributed by atoms with Gasteiger partial charge in [0.05, 0.1) is 19.6 Å². The average molecular weight is 784 g/mol. The van der Waals surface area contributed by atoms with Gasteiger partial charge in [-0.2, -0.15) is 0 Å². The number of aromatic hydroxyl groups is 3. The van der Waals surface area contributed by atoms with Crippen molar-refractivity contribution in [3.63, 3.8) is 0 Å². The minimum absolute atomic E-state index is 0.138. The Hall–Kier alpha value is -4.53. The molecule has 9 nitrogen and oxygen atoms in total. The third-order valence-electron chi connectivity index (χ3n) is 10.9. The second-order valence-electron chi connectivity index (χ2n) is 22.2. The van der Waals surface area contributed by atoms with Gasteiger partial charge in [-0.25, -0.2) is 28.1 Å². The van der Waals surface area contributed by atoms with Crippen molar-refractivity contribution in [1.82, 2.24) is 13.7 Å². The van der Waals surface area contributed by atoms with Crippen molar-refractivity contribution < 1.29 is 15.3 Å². The van der Waals surface area contributed by atoms with Gasteiger partial charge >= 0.3 is 17.1 Å². The molecule has 0 aliphatic carbocycles. The molecule has 57 heavy (non-hydrogen) atoms. The van der Waals surface area contributed by atoms with Crippen LogP contribution in [0.5, 0.6) is 17.2 Å².